The molecule has 1 aliphatic rings. The van der Waals surface area contributed by atoms with Gasteiger partial charge in [-0.2, -0.15) is 5.10 Å². The third-order valence-corrected chi connectivity index (χ3v) is 5.52. The maximum Gasteiger partial charge on any atom is 0.273 e. The first-order chi connectivity index (χ1) is 11.9. The van der Waals surface area contributed by atoms with Crippen LogP contribution in [0.3, 0.4) is 0 Å². The highest BCUT2D eigenvalue weighted by molar-refractivity contribution is 7.13. The molecule has 0 aliphatic carbocycles. The summed E-state index contributed by atoms with van der Waals surface area (Å²) >= 11 is 1.51. The van der Waals surface area contributed by atoms with E-state index in [0.717, 1.165) is 43.0 Å². The molecule has 0 saturated carbocycles. The number of aromatic nitrogens is 3. The number of aryl methyl sites for hydroxylation is 1. The van der Waals surface area contributed by atoms with Crippen molar-refractivity contribution in [3.63, 3.8) is 0 Å². The van der Waals surface area contributed by atoms with Crippen LogP contribution in [0, 0.1) is 5.92 Å². The lowest BCUT2D eigenvalue weighted by Crippen LogP contribution is -2.48. The van der Waals surface area contributed by atoms with E-state index in [0.29, 0.717) is 17.7 Å². The molecule has 6 nitrogen and oxygen atoms in total. The number of carbonyl (C=O) groups excluding carboxylic acids is 1. The summed E-state index contributed by atoms with van der Waals surface area (Å²) in [6, 6.07) is 0.314. The Kier molecular flexibility index (Phi) is 5.54. The number of rotatable bonds is 5. The van der Waals surface area contributed by atoms with Crippen molar-refractivity contribution in [2.24, 2.45) is 13.0 Å². The number of hydrogen-bond acceptors (Lipinski definition) is 5. The predicted molar refractivity (Wildman–Crippen MR) is 101 cm³/mol. The van der Waals surface area contributed by atoms with Gasteiger partial charge in [-0.1, -0.05) is 13.8 Å². The Hall–Kier alpha value is -1.73. The third-order valence-electron chi connectivity index (χ3n) is 4.63. The number of likely N-dealkylation sites (tertiary alicyclic amines) is 1. The predicted octanol–water partition coefficient (Wildman–Crippen LogP) is 2.74. The van der Waals surface area contributed by atoms with E-state index in [4.69, 9.17) is 0 Å². The Bertz CT molecular complexity index is 715. The quantitative estimate of drug-likeness (QED) is 0.822. The van der Waals surface area contributed by atoms with Crippen LogP contribution in [0.1, 0.15) is 37.2 Å². The number of carbonyl (C=O) groups is 1. The normalized spacial score (nSPS) is 16.5. The van der Waals surface area contributed by atoms with E-state index in [1.165, 1.54) is 11.3 Å². The molecule has 3 heterocycles. The SMILES string of the molecule is CC(C)CN(C(=O)c1csc(-c2cnn(C)c2)n1)C1CCN(C)CC1. The van der Waals surface area contributed by atoms with Crippen molar-refractivity contribution in [2.75, 3.05) is 26.7 Å². The van der Waals surface area contributed by atoms with Gasteiger partial charge in [-0.3, -0.25) is 9.48 Å². The molecule has 2 aromatic rings. The molecule has 0 bridgehead atoms. The number of nitrogens with zero attached hydrogens (tertiary/aromatic N) is 5. The van der Waals surface area contributed by atoms with Crippen LogP contribution < -0.4 is 0 Å². The molecular formula is C18H27N5OS. The van der Waals surface area contributed by atoms with Crippen molar-refractivity contribution >= 4 is 17.2 Å². The van der Waals surface area contributed by atoms with Crippen LogP contribution in [0.15, 0.2) is 17.8 Å². The van der Waals surface area contributed by atoms with E-state index in [2.05, 4.69) is 40.8 Å². The van der Waals surface area contributed by atoms with Gasteiger partial charge >= 0.3 is 0 Å². The molecule has 7 heteroatoms. The van der Waals surface area contributed by atoms with E-state index in [9.17, 15) is 4.79 Å². The molecule has 136 valence electrons. The molecule has 0 unspecified atom stereocenters. The number of piperidine rings is 1. The molecule has 25 heavy (non-hydrogen) atoms. The molecule has 1 saturated heterocycles. The molecule has 0 radical (unpaired) electrons. The molecule has 0 atom stereocenters. The highest BCUT2D eigenvalue weighted by Crippen LogP contribution is 2.25. The van der Waals surface area contributed by atoms with Crippen LogP contribution in [0.2, 0.25) is 0 Å². The van der Waals surface area contributed by atoms with Crippen LogP contribution in [0.25, 0.3) is 10.6 Å². The first kappa shape index (κ1) is 18.1. The van der Waals surface area contributed by atoms with Crippen molar-refractivity contribution in [1.82, 2.24) is 24.6 Å². The van der Waals surface area contributed by atoms with Gasteiger partial charge in [0, 0.05) is 36.8 Å². The molecule has 2 aromatic heterocycles. The van der Waals surface area contributed by atoms with Crippen molar-refractivity contribution in [3.05, 3.63) is 23.5 Å². The van der Waals surface area contributed by atoms with Crippen molar-refractivity contribution in [1.29, 1.82) is 0 Å². The van der Waals surface area contributed by atoms with Gasteiger partial charge in [0.25, 0.3) is 5.91 Å². The second-order valence-electron chi connectivity index (χ2n) is 7.33. The first-order valence-electron chi connectivity index (χ1n) is 8.88. The molecule has 1 fully saturated rings. The lowest BCUT2D eigenvalue weighted by molar-refractivity contribution is 0.0554. The van der Waals surface area contributed by atoms with Gasteiger partial charge in [0.15, 0.2) is 0 Å². The summed E-state index contributed by atoms with van der Waals surface area (Å²) in [5.74, 6) is 0.509. The van der Waals surface area contributed by atoms with E-state index < -0.39 is 0 Å². The summed E-state index contributed by atoms with van der Waals surface area (Å²) in [6.07, 6.45) is 5.79. The third kappa shape index (κ3) is 4.27. The highest BCUT2D eigenvalue weighted by atomic mass is 32.1. The zero-order valence-corrected chi connectivity index (χ0v) is 16.3. The number of thiazole rings is 1. The standard InChI is InChI=1S/C18H27N5OS/c1-13(2)10-23(15-5-7-21(3)8-6-15)18(24)16-12-25-17(20-16)14-9-19-22(4)11-14/h9,11-13,15H,5-8,10H2,1-4H3. The Morgan fingerprint density at radius 2 is 2.08 bits per heavy atom. The summed E-state index contributed by atoms with van der Waals surface area (Å²) in [6.45, 7) is 7.21. The highest BCUT2D eigenvalue weighted by Gasteiger charge is 2.29. The average Bonchev–Trinajstić information content (AvgIpc) is 3.21. The Balaban J connectivity index is 1.78. The average molecular weight is 362 g/mol. The maximum atomic E-state index is 13.1. The number of hydrogen-bond donors (Lipinski definition) is 0. The minimum atomic E-state index is 0.0645. The minimum absolute atomic E-state index is 0.0645. The Labute approximate surface area is 153 Å². The van der Waals surface area contributed by atoms with Gasteiger partial charge in [0.1, 0.15) is 10.7 Å². The summed E-state index contributed by atoms with van der Waals surface area (Å²) < 4.78 is 1.75. The Morgan fingerprint density at radius 3 is 2.68 bits per heavy atom. The first-order valence-corrected chi connectivity index (χ1v) is 9.76. The molecular weight excluding hydrogens is 334 g/mol. The van der Waals surface area contributed by atoms with Gasteiger partial charge in [-0.05, 0) is 38.9 Å². The van der Waals surface area contributed by atoms with Crippen LogP contribution in [-0.2, 0) is 7.05 Å². The molecule has 1 amide bonds. The molecule has 0 N–H and O–H groups in total. The molecule has 0 spiro atoms. The van der Waals surface area contributed by atoms with Gasteiger partial charge < -0.3 is 9.80 Å². The fraction of sp³-hybridized carbons (Fsp3) is 0.611. The van der Waals surface area contributed by atoms with Gasteiger partial charge in [0.05, 0.1) is 6.20 Å². The van der Waals surface area contributed by atoms with Gasteiger partial charge in [0.2, 0.25) is 0 Å². The lowest BCUT2D eigenvalue weighted by Gasteiger charge is -2.38. The smallest absolute Gasteiger partial charge is 0.273 e. The maximum absolute atomic E-state index is 13.1. The van der Waals surface area contributed by atoms with E-state index in [-0.39, 0.29) is 5.91 Å². The van der Waals surface area contributed by atoms with E-state index in [1.54, 1.807) is 10.9 Å². The zero-order chi connectivity index (χ0) is 18.0. The molecule has 0 aromatic carbocycles. The van der Waals surface area contributed by atoms with Gasteiger partial charge in [-0.15, -0.1) is 11.3 Å². The summed E-state index contributed by atoms with van der Waals surface area (Å²) in [4.78, 5) is 22.1. The van der Waals surface area contributed by atoms with Crippen LogP contribution in [-0.4, -0.2) is 63.2 Å². The van der Waals surface area contributed by atoms with Crippen LogP contribution in [0.4, 0.5) is 0 Å². The summed E-state index contributed by atoms with van der Waals surface area (Å²) in [5.41, 5.74) is 1.52. The van der Waals surface area contributed by atoms with Crippen molar-refractivity contribution < 1.29 is 4.79 Å². The molecule has 1 aliphatic heterocycles. The van der Waals surface area contributed by atoms with Crippen LogP contribution >= 0.6 is 11.3 Å². The number of amides is 1. The largest absolute Gasteiger partial charge is 0.334 e. The topological polar surface area (TPSA) is 54.3 Å². The monoisotopic (exact) mass is 361 g/mol. The summed E-state index contributed by atoms with van der Waals surface area (Å²) in [5, 5.41) is 6.92. The van der Waals surface area contributed by atoms with E-state index in [1.807, 2.05) is 18.6 Å². The Morgan fingerprint density at radius 1 is 1.36 bits per heavy atom. The second kappa shape index (κ2) is 7.66. The van der Waals surface area contributed by atoms with Gasteiger partial charge in [-0.25, -0.2) is 4.98 Å². The fourth-order valence-electron chi connectivity index (χ4n) is 3.28. The summed E-state index contributed by atoms with van der Waals surface area (Å²) in [7, 11) is 4.03. The zero-order valence-electron chi connectivity index (χ0n) is 15.5. The molecule has 3 rings (SSSR count). The minimum Gasteiger partial charge on any atom is -0.334 e. The van der Waals surface area contributed by atoms with Crippen molar-refractivity contribution in [2.45, 2.75) is 32.7 Å². The lowest BCUT2D eigenvalue weighted by atomic mass is 10.0. The van der Waals surface area contributed by atoms with Crippen molar-refractivity contribution in [3.8, 4) is 10.6 Å². The second-order valence-corrected chi connectivity index (χ2v) is 8.18. The van der Waals surface area contributed by atoms with E-state index >= 15 is 0 Å². The van der Waals surface area contributed by atoms with Crippen LogP contribution in [0.5, 0.6) is 0 Å². The fourth-order valence-corrected chi connectivity index (χ4v) is 4.05.